The van der Waals surface area contributed by atoms with Crippen molar-refractivity contribution in [2.45, 2.75) is 33.7 Å². The van der Waals surface area contributed by atoms with Crippen LogP contribution in [0.5, 0.6) is 23.0 Å². The summed E-state index contributed by atoms with van der Waals surface area (Å²) in [6, 6.07) is 9.31. The van der Waals surface area contributed by atoms with Gasteiger partial charge in [0.1, 0.15) is 11.5 Å². The summed E-state index contributed by atoms with van der Waals surface area (Å²) in [6.07, 6.45) is 1.71. The number of rotatable bonds is 9. The summed E-state index contributed by atoms with van der Waals surface area (Å²) in [5.41, 5.74) is 1.50. The Hall–Kier alpha value is -4.38. The first-order valence-electron chi connectivity index (χ1n) is 12.9. The highest BCUT2D eigenvalue weighted by Gasteiger charge is 2.34. The van der Waals surface area contributed by atoms with Gasteiger partial charge >= 0.3 is 11.9 Å². The molecule has 3 aromatic rings. The molecule has 1 aliphatic heterocycles. The normalized spacial score (nSPS) is 14.8. The molecule has 0 aliphatic carbocycles. The molecule has 41 heavy (non-hydrogen) atoms. The third-order valence-electron chi connectivity index (χ3n) is 6.27. The van der Waals surface area contributed by atoms with Crippen LogP contribution in [0.25, 0.3) is 6.08 Å². The van der Waals surface area contributed by atoms with Gasteiger partial charge in [-0.2, -0.15) is 0 Å². The number of carbonyl (C=O) groups excluding carboxylic acids is 2. The average molecular weight is 581 g/mol. The van der Waals surface area contributed by atoms with Crippen LogP contribution in [-0.2, 0) is 14.3 Å². The monoisotopic (exact) mass is 580 g/mol. The van der Waals surface area contributed by atoms with E-state index in [2.05, 4.69) is 4.99 Å². The molecule has 10 nitrogen and oxygen atoms in total. The topological polar surface area (TPSA) is 115 Å². The van der Waals surface area contributed by atoms with Crippen LogP contribution in [0.15, 0.2) is 57.5 Å². The minimum Gasteiger partial charge on any atom is -0.497 e. The fraction of sp³-hybridized carbons (Fsp3) is 0.333. The zero-order valence-electron chi connectivity index (χ0n) is 24.0. The molecule has 11 heteroatoms. The minimum atomic E-state index is -0.874. The molecule has 0 bridgehead atoms. The number of benzene rings is 2. The molecular weight excluding hydrogens is 548 g/mol. The van der Waals surface area contributed by atoms with Gasteiger partial charge in [-0.15, -0.1) is 0 Å². The SMILES string of the molecule is COc1ccc(OC)c(/C=c2\sc3n(c2=O)[C@H](c2ccc(OC(C)=O)c(OC)c2)C(C(=O)OCC(C)C)=C(C)N=3)c1. The van der Waals surface area contributed by atoms with Gasteiger partial charge < -0.3 is 23.7 Å². The lowest BCUT2D eigenvalue weighted by atomic mass is 9.95. The highest BCUT2D eigenvalue weighted by atomic mass is 32.1. The van der Waals surface area contributed by atoms with E-state index in [0.717, 1.165) is 0 Å². The maximum absolute atomic E-state index is 14.0. The number of allylic oxidation sites excluding steroid dienone is 1. The van der Waals surface area contributed by atoms with Gasteiger partial charge in [0.2, 0.25) is 0 Å². The molecule has 0 N–H and O–H groups in total. The van der Waals surface area contributed by atoms with E-state index in [0.29, 0.717) is 37.7 Å². The van der Waals surface area contributed by atoms with E-state index in [1.807, 2.05) is 13.8 Å². The molecule has 0 radical (unpaired) electrons. The molecule has 1 aromatic heterocycles. The van der Waals surface area contributed by atoms with Crippen LogP contribution in [0.1, 0.15) is 44.9 Å². The Morgan fingerprint density at radius 3 is 2.37 bits per heavy atom. The second-order valence-corrected chi connectivity index (χ2v) is 10.7. The Morgan fingerprint density at radius 2 is 1.73 bits per heavy atom. The Balaban J connectivity index is 1.95. The summed E-state index contributed by atoms with van der Waals surface area (Å²) in [5, 5.41) is 0. The van der Waals surface area contributed by atoms with Crippen LogP contribution < -0.4 is 33.8 Å². The van der Waals surface area contributed by atoms with E-state index in [4.69, 9.17) is 23.7 Å². The van der Waals surface area contributed by atoms with Gasteiger partial charge in [0.15, 0.2) is 16.3 Å². The number of fused-ring (bicyclic) bond motifs is 1. The maximum atomic E-state index is 14.0. The third kappa shape index (κ3) is 6.19. The van der Waals surface area contributed by atoms with Gasteiger partial charge in [0, 0.05) is 12.5 Å². The van der Waals surface area contributed by atoms with Crippen molar-refractivity contribution in [3.63, 3.8) is 0 Å². The Kier molecular flexibility index (Phi) is 8.97. The van der Waals surface area contributed by atoms with Gasteiger partial charge in [0.25, 0.3) is 5.56 Å². The van der Waals surface area contributed by atoms with Crippen molar-refractivity contribution < 1.29 is 33.3 Å². The molecule has 1 atom stereocenters. The van der Waals surface area contributed by atoms with Crippen LogP contribution in [0.4, 0.5) is 0 Å². The summed E-state index contributed by atoms with van der Waals surface area (Å²) in [5.74, 6) is 0.682. The number of ether oxygens (including phenoxy) is 5. The number of hydrogen-bond acceptors (Lipinski definition) is 10. The maximum Gasteiger partial charge on any atom is 0.338 e. The zero-order chi connectivity index (χ0) is 29.8. The lowest BCUT2D eigenvalue weighted by Gasteiger charge is -2.25. The van der Waals surface area contributed by atoms with Crippen LogP contribution >= 0.6 is 11.3 Å². The molecule has 0 amide bonds. The van der Waals surface area contributed by atoms with E-state index in [9.17, 15) is 14.4 Å². The van der Waals surface area contributed by atoms with Crippen molar-refractivity contribution in [3.05, 3.63) is 78.5 Å². The molecule has 2 heterocycles. The van der Waals surface area contributed by atoms with E-state index in [-0.39, 0.29) is 35.2 Å². The minimum absolute atomic E-state index is 0.112. The van der Waals surface area contributed by atoms with E-state index in [1.54, 1.807) is 63.6 Å². The van der Waals surface area contributed by atoms with Gasteiger partial charge in [-0.1, -0.05) is 31.3 Å². The molecule has 0 spiro atoms. The molecule has 0 fully saturated rings. The largest absolute Gasteiger partial charge is 0.497 e. The highest BCUT2D eigenvalue weighted by Crippen LogP contribution is 2.36. The third-order valence-corrected chi connectivity index (χ3v) is 7.25. The summed E-state index contributed by atoms with van der Waals surface area (Å²) in [6.45, 7) is 7.08. The molecule has 0 saturated carbocycles. The number of thiazole rings is 1. The van der Waals surface area contributed by atoms with Crippen LogP contribution in [0.3, 0.4) is 0 Å². The first-order valence-corrected chi connectivity index (χ1v) is 13.7. The molecule has 0 unspecified atom stereocenters. The van der Waals surface area contributed by atoms with Crippen molar-refractivity contribution in [1.29, 1.82) is 0 Å². The predicted octanol–water partition coefficient (Wildman–Crippen LogP) is 3.39. The van der Waals surface area contributed by atoms with Gasteiger partial charge in [-0.05, 0) is 54.8 Å². The second kappa shape index (κ2) is 12.4. The summed E-state index contributed by atoms with van der Waals surface area (Å²) >= 11 is 1.19. The number of methoxy groups -OCH3 is 3. The summed E-state index contributed by atoms with van der Waals surface area (Å²) in [4.78, 5) is 44.1. The second-order valence-electron chi connectivity index (χ2n) is 9.69. The van der Waals surface area contributed by atoms with Gasteiger partial charge in [-0.25, -0.2) is 9.79 Å². The fourth-order valence-electron chi connectivity index (χ4n) is 4.41. The van der Waals surface area contributed by atoms with E-state index < -0.39 is 18.0 Å². The Bertz CT molecular complexity index is 1700. The van der Waals surface area contributed by atoms with Crippen LogP contribution in [0, 0.1) is 5.92 Å². The summed E-state index contributed by atoms with van der Waals surface area (Å²) < 4.78 is 29.0. The Labute approximate surface area is 241 Å². The smallest absolute Gasteiger partial charge is 0.338 e. The van der Waals surface area contributed by atoms with Crippen LogP contribution in [0.2, 0.25) is 0 Å². The molecule has 2 aromatic carbocycles. The quantitative estimate of drug-likeness (QED) is 0.280. The first-order chi connectivity index (χ1) is 19.6. The number of carbonyl (C=O) groups is 2. The number of esters is 2. The zero-order valence-corrected chi connectivity index (χ0v) is 24.8. The van der Waals surface area contributed by atoms with Gasteiger partial charge in [0.05, 0.1) is 49.8 Å². The fourth-order valence-corrected chi connectivity index (χ4v) is 5.44. The van der Waals surface area contributed by atoms with Crippen molar-refractivity contribution in [3.8, 4) is 23.0 Å². The highest BCUT2D eigenvalue weighted by molar-refractivity contribution is 7.07. The van der Waals surface area contributed by atoms with Gasteiger partial charge in [-0.3, -0.25) is 14.2 Å². The Morgan fingerprint density at radius 1 is 1.02 bits per heavy atom. The van der Waals surface area contributed by atoms with Crippen molar-refractivity contribution in [1.82, 2.24) is 4.57 Å². The predicted molar refractivity (Wildman–Crippen MR) is 153 cm³/mol. The lowest BCUT2D eigenvalue weighted by molar-refractivity contribution is -0.140. The lowest BCUT2D eigenvalue weighted by Crippen LogP contribution is -2.40. The van der Waals surface area contributed by atoms with Crippen molar-refractivity contribution in [2.24, 2.45) is 10.9 Å². The molecule has 0 saturated heterocycles. The molecule has 1 aliphatic rings. The average Bonchev–Trinajstić information content (AvgIpc) is 3.24. The molecular formula is C30H32N2O8S. The first kappa shape index (κ1) is 29.6. The number of aromatic nitrogens is 1. The van der Waals surface area contributed by atoms with Crippen molar-refractivity contribution in [2.75, 3.05) is 27.9 Å². The van der Waals surface area contributed by atoms with E-state index in [1.165, 1.54) is 29.9 Å². The molecule has 216 valence electrons. The number of hydrogen-bond donors (Lipinski definition) is 0. The summed E-state index contributed by atoms with van der Waals surface area (Å²) in [7, 11) is 4.55. The number of nitrogens with zero attached hydrogens (tertiary/aromatic N) is 2. The standard InChI is InChI=1S/C30H32N2O8S/c1-16(2)15-39-29(35)26-17(3)31-30-32(27(26)19-8-10-23(40-18(4)33)24(13-19)38-7)28(34)25(41-30)14-20-12-21(36-5)9-11-22(20)37-6/h8-14,16,27H,15H2,1-7H3/b25-14-/t27-/m1/s1. The van der Waals surface area contributed by atoms with Crippen molar-refractivity contribution >= 4 is 29.4 Å². The van der Waals surface area contributed by atoms with E-state index >= 15 is 0 Å². The van der Waals surface area contributed by atoms with Crippen LogP contribution in [-0.4, -0.2) is 44.4 Å². The molecule has 4 rings (SSSR count).